The molecule has 0 heterocycles. The van der Waals surface area contributed by atoms with Crippen molar-refractivity contribution in [2.75, 3.05) is 0 Å². The molecule has 0 radical (unpaired) electrons. The Morgan fingerprint density at radius 2 is 0.303 bits per heavy atom. The van der Waals surface area contributed by atoms with E-state index in [1.54, 1.807) is 0 Å². The van der Waals surface area contributed by atoms with Crippen molar-refractivity contribution < 1.29 is 51.1 Å². The van der Waals surface area contributed by atoms with E-state index < -0.39 is 0 Å². The maximum absolute atomic E-state index is 12.4. The van der Waals surface area contributed by atoms with Crippen LogP contribution in [0.4, 0.5) is 0 Å². The lowest BCUT2D eigenvalue weighted by Crippen LogP contribution is -2.03. The number of benzene rings is 11. The molecule has 13 rings (SSSR count). The lowest BCUT2D eigenvalue weighted by Gasteiger charge is -2.19. The van der Waals surface area contributed by atoms with Crippen LogP contribution in [0, 0.1) is 79.3 Å². The first-order valence-electron chi connectivity index (χ1n) is 33.0. The largest absolute Gasteiger partial charge is 0.507 e. The molecule has 0 atom stereocenters. The zero-order valence-corrected chi connectivity index (χ0v) is 60.4. The maximum Gasteiger partial charge on any atom is 0.122 e. The maximum atomic E-state index is 12.4. The van der Waals surface area contributed by atoms with Gasteiger partial charge < -0.3 is 51.1 Å². The minimum Gasteiger partial charge on any atom is -0.507 e. The van der Waals surface area contributed by atoms with Gasteiger partial charge in [-0.05, 0) is 277 Å². The molecule has 2 aliphatic carbocycles. The molecule has 0 aliphatic heterocycles. The fourth-order valence-electron chi connectivity index (χ4n) is 14.7. The van der Waals surface area contributed by atoms with E-state index in [4.69, 9.17) is 0 Å². The summed E-state index contributed by atoms with van der Waals surface area (Å²) in [6.45, 7) is 13.7. The second-order valence-corrected chi connectivity index (χ2v) is 29.9. The number of hydrogen-bond acceptors (Lipinski definition) is 10. The van der Waals surface area contributed by atoms with Gasteiger partial charge in [-0.25, -0.2) is 0 Å². The molecule has 0 saturated heterocycles. The molecule has 0 spiro atoms. The molecule has 99 heavy (non-hydrogen) atoms. The van der Waals surface area contributed by atoms with Gasteiger partial charge in [0.1, 0.15) is 57.5 Å². The third-order valence-electron chi connectivity index (χ3n) is 19.1. The lowest BCUT2D eigenvalue weighted by molar-refractivity contribution is 0.448. The van der Waals surface area contributed by atoms with Crippen LogP contribution in [0.1, 0.15) is 172 Å². The summed E-state index contributed by atoms with van der Waals surface area (Å²) in [5, 5.41) is 121. The highest BCUT2D eigenvalue weighted by molar-refractivity contribution is 14.1. The van der Waals surface area contributed by atoms with E-state index in [9.17, 15) is 51.1 Å². The van der Waals surface area contributed by atoms with Gasteiger partial charge in [-0.15, -0.1) is 0 Å². The predicted molar refractivity (Wildman–Crippen MR) is 406 cm³/mol. The van der Waals surface area contributed by atoms with Gasteiger partial charge in [-0.3, -0.25) is 0 Å². The van der Waals surface area contributed by atoms with E-state index in [1.807, 2.05) is 188 Å². The van der Waals surface area contributed by atoms with Crippen LogP contribution in [0.5, 0.6) is 57.5 Å². The zero-order valence-electron chi connectivity index (χ0n) is 56.1. The molecule has 0 unspecified atom stereocenters. The van der Waals surface area contributed by atoms with Crippen LogP contribution in [-0.4, -0.2) is 51.1 Å². The first-order valence-corrected chi connectivity index (χ1v) is 35.1. The second-order valence-electron chi connectivity index (χ2n) is 27.4. The number of fused-ring (bicyclic) bond motifs is 20. The molecular weight excluding hydrogens is 1460 g/mol. The van der Waals surface area contributed by atoms with Gasteiger partial charge in [-0.2, -0.15) is 0 Å². The molecule has 11 aromatic rings. The van der Waals surface area contributed by atoms with Crippen molar-refractivity contribution in [3.63, 3.8) is 0 Å². The smallest absolute Gasteiger partial charge is 0.122 e. The Balaban J connectivity index is 0.897. The van der Waals surface area contributed by atoms with Crippen molar-refractivity contribution in [2.24, 2.45) is 0 Å². The van der Waals surface area contributed by atoms with Gasteiger partial charge in [0.2, 0.25) is 0 Å². The zero-order chi connectivity index (χ0) is 70.0. The van der Waals surface area contributed by atoms with Gasteiger partial charge in [0.25, 0.3) is 0 Å². The van der Waals surface area contributed by atoms with Crippen molar-refractivity contribution in [3.05, 3.63) is 319 Å². The standard InChI is InChI=1S/C87H74I2O10/c1-45-12-52(8-10-54-27-68-33-60-18-46(2)14-56(78(60)90)31-58-16-48(4)22-64(80(58)92)37-72-41-76(88)43-74(86(72)98)39-66-24-50(6)20-62(82(66)94)35-70(29-54)84(68)96)26-53(13-45)9-11-55-28-69-34-61-19-47(3)15-57(79(61)91)32-59-17-49(5)23-65(81(59)93)38-73-42-77(89)44-75(87(73)99)40-67-25-51(7)21-63(83(67)95)36-71(30-55)85(69)97/h12-30,41-44,90-99H,31-40H2,1-7H3. The molecule has 11 aromatic carbocycles. The van der Waals surface area contributed by atoms with Crippen LogP contribution in [-0.2, 0) is 64.2 Å². The van der Waals surface area contributed by atoms with Gasteiger partial charge >= 0.3 is 0 Å². The molecule has 2 aliphatic rings. The highest BCUT2D eigenvalue weighted by Gasteiger charge is 2.25. The Labute approximate surface area is 604 Å². The van der Waals surface area contributed by atoms with E-state index in [-0.39, 0.29) is 122 Å². The van der Waals surface area contributed by atoms with Crippen LogP contribution in [0.15, 0.2) is 140 Å². The average Bonchev–Trinajstić information content (AvgIpc) is 0.794. The minimum absolute atomic E-state index is 0.00890. The molecule has 10 N–H and O–H groups in total. The second kappa shape index (κ2) is 27.4. The molecular formula is C87H74I2O10. The van der Waals surface area contributed by atoms with Gasteiger partial charge in [0, 0.05) is 93.6 Å². The summed E-state index contributed by atoms with van der Waals surface area (Å²) in [5.41, 5.74) is 20.3. The first-order chi connectivity index (χ1) is 47.2. The first kappa shape index (κ1) is 67.6. The number of hydrogen-bond donors (Lipinski definition) is 10. The van der Waals surface area contributed by atoms with Crippen LogP contribution in [0.3, 0.4) is 0 Å². The number of rotatable bonds is 0. The Morgan fingerprint density at radius 1 is 0.182 bits per heavy atom. The molecule has 12 heteroatoms. The highest BCUT2D eigenvalue weighted by Crippen LogP contribution is 2.44. The van der Waals surface area contributed by atoms with E-state index in [2.05, 4.69) is 68.9 Å². The van der Waals surface area contributed by atoms with Crippen LogP contribution in [0.2, 0.25) is 0 Å². The van der Waals surface area contributed by atoms with Crippen molar-refractivity contribution >= 4 is 45.2 Å². The highest BCUT2D eigenvalue weighted by atomic mass is 127. The Hall–Kier alpha value is -10.0. The Bertz CT molecular complexity index is 4740. The van der Waals surface area contributed by atoms with E-state index in [0.717, 1.165) is 46.1 Å². The fourth-order valence-corrected chi connectivity index (χ4v) is 16.2. The van der Waals surface area contributed by atoms with Gasteiger partial charge in [-0.1, -0.05) is 130 Å². The molecule has 0 saturated carbocycles. The molecule has 496 valence electrons. The Morgan fingerprint density at radius 3 is 0.465 bits per heavy atom. The third kappa shape index (κ3) is 14.5. The van der Waals surface area contributed by atoms with Crippen molar-refractivity contribution in [2.45, 2.75) is 113 Å². The number of phenolic OH excluding ortho intramolecular Hbond substituents is 10. The van der Waals surface area contributed by atoms with Crippen LogP contribution >= 0.6 is 45.2 Å². The summed E-state index contributed by atoms with van der Waals surface area (Å²) in [6.07, 6.45) is 1.87. The number of aryl methyl sites for hydroxylation is 7. The summed E-state index contributed by atoms with van der Waals surface area (Å²) in [5.74, 6) is 14.0. The summed E-state index contributed by atoms with van der Waals surface area (Å²) in [7, 11) is 0. The van der Waals surface area contributed by atoms with Crippen molar-refractivity contribution in [1.82, 2.24) is 0 Å². The van der Waals surface area contributed by atoms with E-state index in [0.29, 0.717) is 134 Å². The number of halogens is 2. The summed E-state index contributed by atoms with van der Waals surface area (Å²) in [4.78, 5) is 0. The normalized spacial score (nSPS) is 12.7. The fraction of sp³-hybridized carbons (Fsp3) is 0.195. The molecule has 20 bridgehead atoms. The molecule has 0 amide bonds. The lowest BCUT2D eigenvalue weighted by atomic mass is 9.89. The minimum atomic E-state index is -0.00890. The quantitative estimate of drug-likeness (QED) is 0.0514. The van der Waals surface area contributed by atoms with E-state index in [1.165, 1.54) is 0 Å². The van der Waals surface area contributed by atoms with Crippen molar-refractivity contribution in [3.8, 4) is 81.2 Å². The SMILES string of the molecule is Cc1cc(C#Cc2cc3c(O)c(c2)Cc2cc(C)cc(c2O)Cc2cc(I)cc(c2O)Cc2cc(C)cc(c2O)Cc2cc(C)cc(c2O)C3)cc(C#Cc2cc3c(O)c(c2)Cc2cc(C)cc(c2O)Cc2cc(I)cc(c2O)Cc2cc(C)cc(c2O)Cc2cc(C)cc(c2O)C3)c1. The van der Waals surface area contributed by atoms with Crippen molar-refractivity contribution in [1.29, 1.82) is 0 Å². The summed E-state index contributed by atoms with van der Waals surface area (Å²) < 4.78 is 1.76. The third-order valence-corrected chi connectivity index (χ3v) is 20.3. The molecule has 0 fully saturated rings. The van der Waals surface area contributed by atoms with Crippen LogP contribution < -0.4 is 0 Å². The van der Waals surface area contributed by atoms with Crippen LogP contribution in [0.25, 0.3) is 0 Å². The van der Waals surface area contributed by atoms with Gasteiger partial charge in [0.15, 0.2) is 0 Å². The topological polar surface area (TPSA) is 202 Å². The monoisotopic (exact) mass is 1530 g/mol. The van der Waals surface area contributed by atoms with E-state index >= 15 is 0 Å². The number of phenols is 10. The predicted octanol–water partition coefficient (Wildman–Crippen LogP) is 17.4. The summed E-state index contributed by atoms with van der Waals surface area (Å²) in [6, 6.07) is 43.6. The summed E-state index contributed by atoms with van der Waals surface area (Å²) >= 11 is 4.46. The molecule has 0 aromatic heterocycles. The molecule has 10 nitrogen and oxygen atoms in total. The van der Waals surface area contributed by atoms with Gasteiger partial charge in [0.05, 0.1) is 0 Å². The average molecular weight is 1530 g/mol. The Kier molecular flexibility index (Phi) is 18.7. The number of aromatic hydroxyl groups is 10.